The Kier molecular flexibility index (Phi) is 30.3. The summed E-state index contributed by atoms with van der Waals surface area (Å²) in [5.41, 5.74) is 0. The Morgan fingerprint density at radius 2 is 0.478 bits per heavy atom. The first-order chi connectivity index (χ1) is 22.3. The van der Waals surface area contributed by atoms with Gasteiger partial charge in [-0.05, 0) is 120 Å². The van der Waals surface area contributed by atoms with Crippen molar-refractivity contribution < 1.29 is 39.8 Å². The van der Waals surface area contributed by atoms with Crippen molar-refractivity contribution in [2.24, 2.45) is 0 Å². The van der Waals surface area contributed by atoms with Crippen LogP contribution in [-0.4, -0.2) is 110 Å². The number of rotatable bonds is 36. The summed E-state index contributed by atoms with van der Waals surface area (Å²) < 4.78 is 54.6. The quantitative estimate of drug-likeness (QED) is 0.0471. The first-order valence-electron chi connectivity index (χ1n) is 18.8. The second-order valence-corrected chi connectivity index (χ2v) is 19.4. The second-order valence-electron chi connectivity index (χ2n) is 11.2. The highest BCUT2D eigenvalue weighted by atomic mass is 28.4. The van der Waals surface area contributed by atoms with Crippen LogP contribution in [0, 0.1) is 0 Å². The third-order valence-corrected chi connectivity index (χ3v) is 17.1. The van der Waals surface area contributed by atoms with E-state index in [0.717, 1.165) is 76.3 Å². The molecule has 0 aliphatic rings. The van der Waals surface area contributed by atoms with Gasteiger partial charge in [0.05, 0.1) is 0 Å². The van der Waals surface area contributed by atoms with Crippen LogP contribution in [0.1, 0.15) is 120 Å². The van der Waals surface area contributed by atoms with E-state index in [0.29, 0.717) is 59.5 Å². The molecule has 0 saturated heterocycles. The lowest BCUT2D eigenvalue weighted by atomic mass is 10.2. The first-order valence-corrected chi connectivity index (χ1v) is 24.6. The highest BCUT2D eigenvalue weighted by Gasteiger charge is 2.41. The molecule has 0 aliphatic heterocycles. The Balaban J connectivity index is 5.06. The van der Waals surface area contributed by atoms with E-state index in [1.165, 1.54) is 19.3 Å². The van der Waals surface area contributed by atoms with Gasteiger partial charge in [-0.15, -0.1) is 0 Å². The number of nitrogens with zero attached hydrogens (tertiary/aromatic N) is 1. The zero-order valence-electron chi connectivity index (χ0n) is 31.6. The van der Waals surface area contributed by atoms with E-state index in [-0.39, 0.29) is 0 Å². The Hall–Kier alpha value is 0.251. The minimum absolute atomic E-state index is 0.632. The molecule has 0 fully saturated rings. The van der Waals surface area contributed by atoms with Crippen molar-refractivity contribution in [2.45, 2.75) is 138 Å². The molecule has 0 aromatic heterocycles. The topological polar surface area (TPSA) is 86.3 Å². The Labute approximate surface area is 287 Å². The van der Waals surface area contributed by atoms with Gasteiger partial charge in [0.2, 0.25) is 0 Å². The number of hydrogen-bond acceptors (Lipinski definition) is 10. The van der Waals surface area contributed by atoms with Crippen LogP contribution in [0.3, 0.4) is 0 Å². The fourth-order valence-electron chi connectivity index (χ4n) is 5.90. The van der Waals surface area contributed by atoms with Gasteiger partial charge in [-0.1, -0.05) is 19.3 Å². The van der Waals surface area contributed by atoms with Crippen molar-refractivity contribution in [3.8, 4) is 0 Å². The Morgan fingerprint density at radius 3 is 0.652 bits per heavy atom. The van der Waals surface area contributed by atoms with Crippen molar-refractivity contribution in [3.05, 3.63) is 0 Å². The summed E-state index contributed by atoms with van der Waals surface area (Å²) >= 11 is 0. The van der Waals surface area contributed by atoms with Crippen LogP contribution >= 0.6 is 0 Å². The lowest BCUT2D eigenvalue weighted by Gasteiger charge is -2.29. The molecule has 0 bridgehead atoms. The molecular formula is C33H75NO9Si3. The Morgan fingerprint density at radius 1 is 0.283 bits per heavy atom. The molecule has 0 N–H and O–H groups in total. The molecule has 0 heterocycles. The maximum Gasteiger partial charge on any atom is 0.500 e. The smallest absolute Gasteiger partial charge is 0.374 e. The zero-order chi connectivity index (χ0) is 34.4. The highest BCUT2D eigenvalue weighted by Crippen LogP contribution is 2.23. The average molecular weight is 714 g/mol. The molecule has 0 saturated carbocycles. The summed E-state index contributed by atoms with van der Waals surface area (Å²) in [6.07, 6.45) is 10.1. The van der Waals surface area contributed by atoms with Crippen molar-refractivity contribution in [2.75, 3.05) is 79.1 Å². The van der Waals surface area contributed by atoms with Gasteiger partial charge in [0.25, 0.3) is 0 Å². The second kappa shape index (κ2) is 30.1. The maximum absolute atomic E-state index is 6.07. The van der Waals surface area contributed by atoms with Crippen LogP contribution < -0.4 is 0 Å². The van der Waals surface area contributed by atoms with Crippen LogP contribution in [0.4, 0.5) is 0 Å². The molecule has 0 rings (SSSR count). The third kappa shape index (κ3) is 20.7. The van der Waals surface area contributed by atoms with Gasteiger partial charge < -0.3 is 44.7 Å². The van der Waals surface area contributed by atoms with Gasteiger partial charge in [-0.2, -0.15) is 0 Å². The van der Waals surface area contributed by atoms with E-state index in [1.54, 1.807) is 0 Å². The minimum atomic E-state index is -2.57. The van der Waals surface area contributed by atoms with Gasteiger partial charge in [-0.25, -0.2) is 0 Å². The highest BCUT2D eigenvalue weighted by molar-refractivity contribution is 6.61. The number of unbranched alkanes of at least 4 members (excludes halogenated alkanes) is 6. The summed E-state index contributed by atoms with van der Waals surface area (Å²) in [5, 5.41) is 0. The van der Waals surface area contributed by atoms with E-state index in [1.807, 2.05) is 62.3 Å². The van der Waals surface area contributed by atoms with E-state index >= 15 is 0 Å². The zero-order valence-corrected chi connectivity index (χ0v) is 34.6. The van der Waals surface area contributed by atoms with Crippen LogP contribution in [0.2, 0.25) is 18.1 Å². The molecule has 278 valence electrons. The van der Waals surface area contributed by atoms with Gasteiger partial charge in [0.1, 0.15) is 0 Å². The molecular weight excluding hydrogens is 639 g/mol. The Bertz CT molecular complexity index is 533. The van der Waals surface area contributed by atoms with Crippen molar-refractivity contribution in [1.82, 2.24) is 4.90 Å². The van der Waals surface area contributed by atoms with Crippen LogP contribution in [0.5, 0.6) is 0 Å². The molecule has 0 aliphatic carbocycles. The van der Waals surface area contributed by atoms with Crippen molar-refractivity contribution in [3.63, 3.8) is 0 Å². The van der Waals surface area contributed by atoms with Crippen LogP contribution in [-0.2, 0) is 39.8 Å². The molecule has 46 heavy (non-hydrogen) atoms. The third-order valence-electron chi connectivity index (χ3n) is 7.65. The van der Waals surface area contributed by atoms with Gasteiger partial charge in [0, 0.05) is 77.6 Å². The predicted molar refractivity (Wildman–Crippen MR) is 194 cm³/mol. The molecule has 13 heteroatoms. The molecule has 0 radical (unpaired) electrons. The van der Waals surface area contributed by atoms with Crippen LogP contribution in [0.15, 0.2) is 0 Å². The number of hydrogen-bond donors (Lipinski definition) is 0. The SMILES string of the molecule is CCO[Si](CCCCCN(CCCCC[Si](OCC)(OCC)OCC)CCCCC[Si](OCC)(OCC)OCC)(OCC)OCC. The first kappa shape index (κ1) is 46.3. The van der Waals surface area contributed by atoms with Crippen molar-refractivity contribution in [1.29, 1.82) is 0 Å². The summed E-state index contributed by atoms with van der Waals surface area (Å²) in [4.78, 5) is 2.66. The lowest BCUT2D eigenvalue weighted by Crippen LogP contribution is -2.46. The molecule has 0 amide bonds. The van der Waals surface area contributed by atoms with Gasteiger partial charge in [0.15, 0.2) is 0 Å². The lowest BCUT2D eigenvalue weighted by molar-refractivity contribution is 0.0699. The van der Waals surface area contributed by atoms with Gasteiger partial charge in [-0.3, -0.25) is 0 Å². The largest absolute Gasteiger partial charge is 0.500 e. The minimum Gasteiger partial charge on any atom is -0.374 e. The van der Waals surface area contributed by atoms with E-state index in [9.17, 15) is 0 Å². The summed E-state index contributed by atoms with van der Waals surface area (Å²) in [6.45, 7) is 27.2. The normalized spacial score (nSPS) is 12.9. The predicted octanol–water partition coefficient (Wildman–Crippen LogP) is 7.94. The van der Waals surface area contributed by atoms with Crippen LogP contribution in [0.25, 0.3) is 0 Å². The molecule has 10 nitrogen and oxygen atoms in total. The maximum atomic E-state index is 6.07. The van der Waals surface area contributed by atoms with E-state index in [4.69, 9.17) is 39.8 Å². The van der Waals surface area contributed by atoms with Crippen molar-refractivity contribution >= 4 is 26.4 Å². The van der Waals surface area contributed by atoms with E-state index < -0.39 is 26.4 Å². The average Bonchev–Trinajstić information content (AvgIpc) is 3.01. The molecule has 0 aromatic carbocycles. The summed E-state index contributed by atoms with van der Waals surface area (Å²) in [7, 11) is -7.71. The van der Waals surface area contributed by atoms with E-state index in [2.05, 4.69) is 4.90 Å². The summed E-state index contributed by atoms with van der Waals surface area (Å²) in [5.74, 6) is 0. The molecule has 0 unspecified atom stereocenters. The molecule has 0 aromatic rings. The fourth-order valence-corrected chi connectivity index (χ4v) is 14.0. The molecule has 0 spiro atoms. The summed E-state index contributed by atoms with van der Waals surface area (Å²) in [6, 6.07) is 2.66. The molecule has 0 atom stereocenters. The van der Waals surface area contributed by atoms with Gasteiger partial charge >= 0.3 is 26.4 Å². The standard InChI is InChI=1S/C33H75NO9Si3/c1-10-35-44(36-11-2,37-12-3)31-25-19-22-28-34(29-23-20-26-32-45(38-13-4,39-14-5)40-15-6)30-24-21-27-33-46(41-16-7,42-17-8)43-18-9/h10-33H2,1-9H3. The monoisotopic (exact) mass is 713 g/mol. The fraction of sp³-hybridized carbons (Fsp3) is 1.00.